The maximum absolute atomic E-state index is 13.7. The SMILES string of the molecule is [2H]C(C)(C)NC(=O)OC1CCN(c2cc(C(F)(F)F)c3scc(C(=O)NC)c3n2)CC1. The number of amides is 2. The highest BCUT2D eigenvalue weighted by atomic mass is 32.1. The first-order valence-electron chi connectivity index (χ1n) is 9.84. The van der Waals surface area contributed by atoms with Crippen molar-refractivity contribution in [2.75, 3.05) is 25.0 Å². The molecule has 7 nitrogen and oxygen atoms in total. The molecular weight excluding hydrogens is 421 g/mol. The maximum Gasteiger partial charge on any atom is 0.417 e. The molecule has 0 spiro atoms. The highest BCUT2D eigenvalue weighted by Gasteiger charge is 2.36. The van der Waals surface area contributed by atoms with Gasteiger partial charge in [-0.15, -0.1) is 11.3 Å². The normalized spacial score (nSPS) is 16.3. The summed E-state index contributed by atoms with van der Waals surface area (Å²) in [5.74, 6) is -0.377. The van der Waals surface area contributed by atoms with Crippen LogP contribution < -0.4 is 15.5 Å². The number of carbonyl (C=O) groups excluding carboxylic acids is 2. The molecule has 0 aromatic carbocycles. The number of hydrogen-bond acceptors (Lipinski definition) is 6. The van der Waals surface area contributed by atoms with Crippen LogP contribution in [0.2, 0.25) is 0 Å². The van der Waals surface area contributed by atoms with E-state index in [0.717, 1.165) is 17.4 Å². The Morgan fingerprint density at radius 3 is 2.60 bits per heavy atom. The summed E-state index contributed by atoms with van der Waals surface area (Å²) in [7, 11) is 1.41. The third-order valence-corrected chi connectivity index (χ3v) is 5.68. The first-order valence-corrected chi connectivity index (χ1v) is 10.2. The summed E-state index contributed by atoms with van der Waals surface area (Å²) in [6.45, 7) is 3.68. The molecule has 0 saturated carbocycles. The van der Waals surface area contributed by atoms with Crippen LogP contribution in [0.4, 0.5) is 23.8 Å². The number of hydrogen-bond donors (Lipinski definition) is 2. The van der Waals surface area contributed by atoms with Gasteiger partial charge < -0.3 is 20.3 Å². The van der Waals surface area contributed by atoms with Gasteiger partial charge in [0.25, 0.3) is 5.91 Å². The summed E-state index contributed by atoms with van der Waals surface area (Å²) in [4.78, 5) is 30.0. The molecule has 1 aliphatic heterocycles. The van der Waals surface area contributed by atoms with Crippen molar-refractivity contribution >= 4 is 39.4 Å². The minimum absolute atomic E-state index is 0.0182. The molecule has 1 saturated heterocycles. The zero-order valence-electron chi connectivity index (χ0n) is 17.7. The van der Waals surface area contributed by atoms with Crippen molar-refractivity contribution in [1.82, 2.24) is 15.6 Å². The smallest absolute Gasteiger partial charge is 0.417 e. The van der Waals surface area contributed by atoms with Gasteiger partial charge in [0.1, 0.15) is 11.9 Å². The van der Waals surface area contributed by atoms with Crippen LogP contribution in [-0.4, -0.2) is 49.2 Å². The van der Waals surface area contributed by atoms with Crippen LogP contribution in [0.5, 0.6) is 0 Å². The summed E-state index contributed by atoms with van der Waals surface area (Å²) < 4.78 is 53.9. The predicted molar refractivity (Wildman–Crippen MR) is 108 cm³/mol. The molecule has 164 valence electrons. The molecular formula is C19H23F3N4O3S. The lowest BCUT2D eigenvalue weighted by atomic mass is 10.1. The number of anilines is 1. The number of piperidine rings is 1. The van der Waals surface area contributed by atoms with E-state index in [1.165, 1.54) is 26.3 Å². The van der Waals surface area contributed by atoms with E-state index in [1.54, 1.807) is 4.90 Å². The summed E-state index contributed by atoms with van der Waals surface area (Å²) in [6, 6.07) is -0.170. The van der Waals surface area contributed by atoms with Crippen molar-refractivity contribution in [1.29, 1.82) is 0 Å². The van der Waals surface area contributed by atoms with Crippen molar-refractivity contribution in [2.45, 2.75) is 45.0 Å². The second-order valence-electron chi connectivity index (χ2n) is 7.15. The Morgan fingerprint density at radius 2 is 2.03 bits per heavy atom. The average Bonchev–Trinajstić information content (AvgIpc) is 3.08. The first kappa shape index (κ1) is 20.7. The molecule has 2 aromatic heterocycles. The van der Waals surface area contributed by atoms with Gasteiger partial charge in [-0.25, -0.2) is 9.78 Å². The van der Waals surface area contributed by atoms with Gasteiger partial charge in [0, 0.05) is 44.4 Å². The van der Waals surface area contributed by atoms with Gasteiger partial charge in [-0.1, -0.05) is 0 Å². The largest absolute Gasteiger partial charge is 0.446 e. The third-order valence-electron chi connectivity index (χ3n) is 4.68. The van der Waals surface area contributed by atoms with E-state index < -0.39 is 35.9 Å². The zero-order chi connectivity index (χ0) is 23.0. The monoisotopic (exact) mass is 445 g/mol. The van der Waals surface area contributed by atoms with Crippen molar-refractivity contribution < 1.29 is 28.9 Å². The molecule has 0 aliphatic carbocycles. The molecule has 3 rings (SSSR count). The van der Waals surface area contributed by atoms with Crippen LogP contribution in [-0.2, 0) is 10.9 Å². The Kier molecular flexibility index (Phi) is 5.98. The van der Waals surface area contributed by atoms with E-state index in [4.69, 9.17) is 6.11 Å². The molecule has 30 heavy (non-hydrogen) atoms. The average molecular weight is 445 g/mol. The molecule has 0 atom stereocenters. The van der Waals surface area contributed by atoms with Gasteiger partial charge in [-0.3, -0.25) is 4.79 Å². The molecule has 2 aromatic rings. The highest BCUT2D eigenvalue weighted by Crippen LogP contribution is 2.40. The molecule has 0 bridgehead atoms. The number of thiophene rings is 1. The van der Waals surface area contributed by atoms with Crippen molar-refractivity contribution in [2.24, 2.45) is 0 Å². The number of rotatable bonds is 4. The van der Waals surface area contributed by atoms with Gasteiger partial charge in [0.05, 0.1) is 22.7 Å². The maximum atomic E-state index is 13.7. The fourth-order valence-electron chi connectivity index (χ4n) is 3.25. The number of pyridine rings is 1. The lowest BCUT2D eigenvalue weighted by Crippen LogP contribution is -2.41. The van der Waals surface area contributed by atoms with Crippen molar-refractivity contribution in [3.63, 3.8) is 0 Å². The molecule has 1 aliphatic rings. The molecule has 2 amide bonds. The first-order chi connectivity index (χ1) is 14.4. The Bertz CT molecular complexity index is 982. The van der Waals surface area contributed by atoms with Gasteiger partial charge >= 0.3 is 12.3 Å². The topological polar surface area (TPSA) is 83.6 Å². The number of halogens is 3. The van der Waals surface area contributed by atoms with Crippen molar-refractivity contribution in [3.8, 4) is 0 Å². The van der Waals surface area contributed by atoms with E-state index in [1.807, 2.05) is 0 Å². The molecule has 0 unspecified atom stereocenters. The second-order valence-corrected chi connectivity index (χ2v) is 8.03. The van der Waals surface area contributed by atoms with Crippen LogP contribution >= 0.6 is 11.3 Å². The van der Waals surface area contributed by atoms with Crippen LogP contribution in [0.25, 0.3) is 10.2 Å². The minimum Gasteiger partial charge on any atom is -0.446 e. The minimum atomic E-state index is -4.59. The lowest BCUT2D eigenvalue weighted by molar-refractivity contribution is -0.136. The van der Waals surface area contributed by atoms with Crippen LogP contribution in [0, 0.1) is 0 Å². The van der Waals surface area contributed by atoms with Crippen LogP contribution in [0.1, 0.15) is 44.0 Å². The number of aromatic nitrogens is 1. The lowest BCUT2D eigenvalue weighted by Gasteiger charge is -2.33. The number of nitrogens with zero attached hydrogens (tertiary/aromatic N) is 2. The van der Waals surface area contributed by atoms with E-state index >= 15 is 0 Å². The standard InChI is InChI=1S/C19H23F3N4O3S/c1-10(2)24-18(28)29-11-4-6-26(7-5-11)14-8-13(19(20,21)22)16-15(25-14)12(9-30-16)17(27)23-3/h8-11H,4-7H2,1-3H3,(H,23,27)(H,24,28)/i10D. The fourth-order valence-corrected chi connectivity index (χ4v) is 4.27. The number of carbonyl (C=O) groups is 2. The molecule has 1 fully saturated rings. The Morgan fingerprint density at radius 1 is 1.37 bits per heavy atom. The fraction of sp³-hybridized carbons (Fsp3) is 0.526. The molecule has 11 heteroatoms. The number of ether oxygens (including phenoxy) is 1. The quantitative estimate of drug-likeness (QED) is 0.749. The highest BCUT2D eigenvalue weighted by molar-refractivity contribution is 7.17. The Labute approximate surface area is 177 Å². The van der Waals surface area contributed by atoms with Gasteiger partial charge in [0.2, 0.25) is 0 Å². The van der Waals surface area contributed by atoms with Gasteiger partial charge in [0.15, 0.2) is 0 Å². The Balaban J connectivity index is 1.82. The van der Waals surface area contributed by atoms with Crippen LogP contribution in [0.15, 0.2) is 11.4 Å². The van der Waals surface area contributed by atoms with E-state index in [9.17, 15) is 22.8 Å². The Hall–Kier alpha value is -2.56. The third kappa shape index (κ3) is 4.77. The molecule has 3 heterocycles. The zero-order valence-corrected chi connectivity index (χ0v) is 17.5. The van der Waals surface area contributed by atoms with E-state index in [2.05, 4.69) is 15.6 Å². The summed E-state index contributed by atoms with van der Waals surface area (Å²) in [6.07, 6.45) is -4.90. The number of fused-ring (bicyclic) bond motifs is 1. The van der Waals surface area contributed by atoms with Crippen molar-refractivity contribution in [3.05, 3.63) is 22.6 Å². The number of nitrogens with one attached hydrogen (secondary N) is 2. The van der Waals surface area contributed by atoms with E-state index in [0.29, 0.717) is 25.9 Å². The van der Waals surface area contributed by atoms with Crippen LogP contribution in [0.3, 0.4) is 0 Å². The predicted octanol–water partition coefficient (Wildman–Crippen LogP) is 3.78. The summed E-state index contributed by atoms with van der Waals surface area (Å²) >= 11 is 0.836. The van der Waals surface area contributed by atoms with Gasteiger partial charge in [-0.05, 0) is 19.9 Å². The second kappa shape index (κ2) is 8.66. The van der Waals surface area contributed by atoms with Gasteiger partial charge in [-0.2, -0.15) is 13.2 Å². The number of alkyl halides is 3. The molecule has 2 N–H and O–H groups in total. The molecule has 0 radical (unpaired) electrons. The van der Waals surface area contributed by atoms with E-state index in [-0.39, 0.29) is 21.6 Å². The summed E-state index contributed by atoms with van der Waals surface area (Å²) in [5, 5.41) is 6.19. The number of alkyl carbamates (subject to hydrolysis) is 1. The summed E-state index contributed by atoms with van der Waals surface area (Å²) in [5.41, 5.74) is -0.713.